The van der Waals surface area contributed by atoms with E-state index in [4.69, 9.17) is 4.74 Å². The smallest absolute Gasteiger partial charge is 0.360 e. The van der Waals surface area contributed by atoms with E-state index in [0.717, 1.165) is 19.3 Å². The first-order chi connectivity index (χ1) is 13.4. The molecule has 1 aromatic carbocycles. The Balaban J connectivity index is 1.78. The Bertz CT molecular complexity index is 937. The van der Waals surface area contributed by atoms with E-state index in [1.54, 1.807) is 38.1 Å². The molecule has 1 heterocycles. The standard InChI is InChI=1S/C21H27N3O4/c1-4-24-20(26)16-11-7-6-10-15(16)18(23-24)21(27)28-14(3)19(25)22-17-12-8-5-9-13(17)2/h6-7,10-11,13-14,17H,4-5,8-9,12H2,1-3H3,(H,22,25). The maximum atomic E-state index is 12.7. The molecule has 0 radical (unpaired) electrons. The number of nitrogens with one attached hydrogen (secondary N) is 1. The number of benzene rings is 1. The van der Waals surface area contributed by atoms with Crippen LogP contribution in [0.2, 0.25) is 0 Å². The lowest BCUT2D eigenvalue weighted by Gasteiger charge is -2.30. The van der Waals surface area contributed by atoms with Crippen molar-refractivity contribution in [2.24, 2.45) is 5.92 Å². The molecule has 150 valence electrons. The predicted octanol–water partition coefficient (Wildman–Crippen LogP) is 2.66. The fourth-order valence-electron chi connectivity index (χ4n) is 3.70. The third-order valence-electron chi connectivity index (χ3n) is 5.45. The number of hydrogen-bond acceptors (Lipinski definition) is 5. The van der Waals surface area contributed by atoms with Gasteiger partial charge in [0, 0.05) is 18.0 Å². The van der Waals surface area contributed by atoms with E-state index >= 15 is 0 Å². The van der Waals surface area contributed by atoms with Gasteiger partial charge in [-0.1, -0.05) is 38.0 Å². The zero-order valence-corrected chi connectivity index (χ0v) is 16.6. The molecule has 1 N–H and O–H groups in total. The third-order valence-corrected chi connectivity index (χ3v) is 5.45. The summed E-state index contributed by atoms with van der Waals surface area (Å²) in [6.07, 6.45) is 3.38. The molecular weight excluding hydrogens is 358 g/mol. The highest BCUT2D eigenvalue weighted by Crippen LogP contribution is 2.24. The lowest BCUT2D eigenvalue weighted by molar-refractivity contribution is -0.130. The summed E-state index contributed by atoms with van der Waals surface area (Å²) < 4.78 is 6.62. The van der Waals surface area contributed by atoms with E-state index in [1.165, 1.54) is 11.1 Å². The van der Waals surface area contributed by atoms with E-state index in [1.807, 2.05) is 0 Å². The van der Waals surface area contributed by atoms with Crippen molar-refractivity contribution in [3.05, 3.63) is 40.3 Å². The maximum absolute atomic E-state index is 12.7. The molecule has 0 bridgehead atoms. The van der Waals surface area contributed by atoms with Crippen molar-refractivity contribution < 1.29 is 14.3 Å². The molecule has 1 aliphatic rings. The third kappa shape index (κ3) is 4.08. The number of carbonyl (C=O) groups excluding carboxylic acids is 2. The Kier molecular flexibility index (Phi) is 6.11. The fourth-order valence-corrected chi connectivity index (χ4v) is 3.70. The van der Waals surface area contributed by atoms with Gasteiger partial charge in [0.25, 0.3) is 11.5 Å². The number of nitrogens with zero attached hydrogens (tertiary/aromatic N) is 2. The first kappa shape index (κ1) is 20.0. The van der Waals surface area contributed by atoms with Crippen LogP contribution in [0.25, 0.3) is 10.8 Å². The molecule has 1 aliphatic carbocycles. The summed E-state index contributed by atoms with van der Waals surface area (Å²) in [6, 6.07) is 6.90. The van der Waals surface area contributed by atoms with Crippen molar-refractivity contribution >= 4 is 22.6 Å². The summed E-state index contributed by atoms with van der Waals surface area (Å²) in [5, 5.41) is 7.99. The van der Waals surface area contributed by atoms with Crippen LogP contribution in [0.1, 0.15) is 56.9 Å². The van der Waals surface area contributed by atoms with Crippen LogP contribution in [0.15, 0.2) is 29.1 Å². The monoisotopic (exact) mass is 385 g/mol. The summed E-state index contributed by atoms with van der Waals surface area (Å²) in [5.74, 6) is -0.600. The molecule has 2 aromatic rings. The Hall–Kier alpha value is -2.70. The van der Waals surface area contributed by atoms with Gasteiger partial charge >= 0.3 is 5.97 Å². The molecule has 7 nitrogen and oxygen atoms in total. The highest BCUT2D eigenvalue weighted by Gasteiger charge is 2.27. The zero-order chi connectivity index (χ0) is 20.3. The molecule has 0 aliphatic heterocycles. The van der Waals surface area contributed by atoms with E-state index in [0.29, 0.717) is 23.2 Å². The average molecular weight is 385 g/mol. The highest BCUT2D eigenvalue weighted by molar-refractivity contribution is 6.02. The van der Waals surface area contributed by atoms with Crippen LogP contribution < -0.4 is 10.9 Å². The fraction of sp³-hybridized carbons (Fsp3) is 0.524. The molecule has 0 spiro atoms. The van der Waals surface area contributed by atoms with Crippen LogP contribution in [0.4, 0.5) is 0 Å². The first-order valence-corrected chi connectivity index (χ1v) is 9.93. The van der Waals surface area contributed by atoms with Crippen LogP contribution in [-0.4, -0.2) is 33.8 Å². The largest absolute Gasteiger partial charge is 0.448 e. The van der Waals surface area contributed by atoms with Gasteiger partial charge in [-0.15, -0.1) is 0 Å². The van der Waals surface area contributed by atoms with E-state index in [9.17, 15) is 14.4 Å². The molecule has 1 amide bonds. The van der Waals surface area contributed by atoms with E-state index < -0.39 is 12.1 Å². The number of fused-ring (bicyclic) bond motifs is 1. The van der Waals surface area contributed by atoms with Gasteiger partial charge < -0.3 is 10.1 Å². The van der Waals surface area contributed by atoms with Gasteiger partial charge in [-0.2, -0.15) is 5.10 Å². The minimum absolute atomic E-state index is 0.0442. The van der Waals surface area contributed by atoms with E-state index in [-0.39, 0.29) is 23.2 Å². The molecule has 0 saturated heterocycles. The lowest BCUT2D eigenvalue weighted by atomic mass is 9.86. The minimum atomic E-state index is -0.941. The summed E-state index contributed by atoms with van der Waals surface area (Å²) in [5.41, 5.74) is -0.213. The summed E-state index contributed by atoms with van der Waals surface area (Å²) >= 11 is 0. The Labute approximate surface area is 164 Å². The second-order valence-electron chi connectivity index (χ2n) is 7.44. The van der Waals surface area contributed by atoms with Crippen LogP contribution in [0.5, 0.6) is 0 Å². The quantitative estimate of drug-likeness (QED) is 0.799. The second kappa shape index (κ2) is 8.54. The van der Waals surface area contributed by atoms with Gasteiger partial charge in [0.2, 0.25) is 0 Å². The molecule has 3 rings (SSSR count). The molecule has 1 saturated carbocycles. The molecule has 1 fully saturated rings. The molecule has 1 aromatic heterocycles. The maximum Gasteiger partial charge on any atom is 0.360 e. The van der Waals surface area contributed by atoms with Gasteiger partial charge in [0.1, 0.15) is 0 Å². The Morgan fingerprint density at radius 1 is 1.25 bits per heavy atom. The van der Waals surface area contributed by atoms with E-state index in [2.05, 4.69) is 17.3 Å². The average Bonchev–Trinajstić information content (AvgIpc) is 2.70. The summed E-state index contributed by atoms with van der Waals surface area (Å²) in [7, 11) is 0. The Morgan fingerprint density at radius 2 is 1.93 bits per heavy atom. The van der Waals surface area contributed by atoms with Crippen LogP contribution in [0, 0.1) is 5.92 Å². The normalized spacial score (nSPS) is 20.5. The van der Waals surface area contributed by atoms with Crippen molar-refractivity contribution in [1.29, 1.82) is 0 Å². The number of amides is 1. The summed E-state index contributed by atoms with van der Waals surface area (Å²) in [4.78, 5) is 37.6. The van der Waals surface area contributed by atoms with Gasteiger partial charge in [-0.05, 0) is 38.7 Å². The number of carbonyl (C=O) groups is 2. The number of ether oxygens (including phenoxy) is 1. The van der Waals surface area contributed by atoms with Gasteiger partial charge in [0.15, 0.2) is 11.8 Å². The molecule has 3 unspecified atom stereocenters. The molecule has 3 atom stereocenters. The predicted molar refractivity (Wildman–Crippen MR) is 106 cm³/mol. The van der Waals surface area contributed by atoms with Gasteiger partial charge in [0.05, 0.1) is 5.39 Å². The Morgan fingerprint density at radius 3 is 2.61 bits per heavy atom. The van der Waals surface area contributed by atoms with Crippen molar-refractivity contribution in [3.8, 4) is 0 Å². The SMILES string of the molecule is CCn1nc(C(=O)OC(C)C(=O)NC2CCCCC2C)c2ccccc2c1=O. The number of aryl methyl sites for hydroxylation is 1. The first-order valence-electron chi connectivity index (χ1n) is 9.93. The van der Waals surface area contributed by atoms with Crippen molar-refractivity contribution in [2.75, 3.05) is 0 Å². The topological polar surface area (TPSA) is 90.3 Å². The number of esters is 1. The van der Waals surface area contributed by atoms with Crippen molar-refractivity contribution in [3.63, 3.8) is 0 Å². The zero-order valence-electron chi connectivity index (χ0n) is 16.6. The number of rotatable bonds is 5. The van der Waals surface area contributed by atoms with Crippen LogP contribution in [0.3, 0.4) is 0 Å². The van der Waals surface area contributed by atoms with Crippen LogP contribution in [-0.2, 0) is 16.1 Å². The molecule has 7 heteroatoms. The van der Waals surface area contributed by atoms with Crippen molar-refractivity contribution in [2.45, 2.75) is 65.1 Å². The molecule has 28 heavy (non-hydrogen) atoms. The van der Waals surface area contributed by atoms with Crippen LogP contribution >= 0.6 is 0 Å². The number of aromatic nitrogens is 2. The minimum Gasteiger partial charge on any atom is -0.448 e. The lowest BCUT2D eigenvalue weighted by Crippen LogP contribution is -2.46. The number of hydrogen-bond donors (Lipinski definition) is 1. The van der Waals surface area contributed by atoms with Gasteiger partial charge in [-0.3, -0.25) is 9.59 Å². The van der Waals surface area contributed by atoms with Gasteiger partial charge in [-0.25, -0.2) is 9.48 Å². The summed E-state index contributed by atoms with van der Waals surface area (Å²) in [6.45, 7) is 5.79. The highest BCUT2D eigenvalue weighted by atomic mass is 16.5. The van der Waals surface area contributed by atoms with Crippen molar-refractivity contribution in [1.82, 2.24) is 15.1 Å². The molecular formula is C21H27N3O4. The second-order valence-corrected chi connectivity index (χ2v) is 7.44.